The van der Waals surface area contributed by atoms with Crippen molar-refractivity contribution in [3.63, 3.8) is 0 Å². The lowest BCUT2D eigenvalue weighted by atomic mass is 9.81. The summed E-state index contributed by atoms with van der Waals surface area (Å²) in [6.07, 6.45) is 2.61. The van der Waals surface area contributed by atoms with Crippen LogP contribution in [0.15, 0.2) is 43.0 Å². The van der Waals surface area contributed by atoms with Crippen LogP contribution in [-0.2, 0) is 11.8 Å². The van der Waals surface area contributed by atoms with Gasteiger partial charge >= 0.3 is 0 Å². The van der Waals surface area contributed by atoms with Crippen LogP contribution in [0.2, 0.25) is 0 Å². The Morgan fingerprint density at radius 1 is 1.24 bits per heavy atom. The number of phenolic OH excluding ortho intramolecular Hbond substituents is 2. The molecule has 1 aliphatic rings. The first-order valence-corrected chi connectivity index (χ1v) is 8.35. The maximum Gasteiger partial charge on any atom is 0.126 e. The first-order chi connectivity index (χ1) is 11.9. The minimum Gasteiger partial charge on any atom is -0.508 e. The normalized spacial score (nSPS) is 16.7. The van der Waals surface area contributed by atoms with E-state index in [-0.39, 0.29) is 22.8 Å². The summed E-state index contributed by atoms with van der Waals surface area (Å²) in [6.45, 7) is 8.41. The molecule has 1 unspecified atom stereocenters. The number of allylic oxidation sites excluding steroid dienone is 1. The third-order valence-electron chi connectivity index (χ3n) is 4.95. The van der Waals surface area contributed by atoms with Crippen LogP contribution < -0.4 is 9.47 Å². The van der Waals surface area contributed by atoms with Crippen molar-refractivity contribution >= 4 is 0 Å². The zero-order chi connectivity index (χ0) is 18.2. The van der Waals surface area contributed by atoms with Crippen molar-refractivity contribution < 1.29 is 19.7 Å². The second-order valence-electron chi connectivity index (χ2n) is 7.04. The smallest absolute Gasteiger partial charge is 0.126 e. The van der Waals surface area contributed by atoms with E-state index in [2.05, 4.69) is 6.58 Å². The molecule has 1 heterocycles. The van der Waals surface area contributed by atoms with Gasteiger partial charge in [0.2, 0.25) is 0 Å². The van der Waals surface area contributed by atoms with Crippen molar-refractivity contribution in [3.05, 3.63) is 59.7 Å². The molecule has 0 saturated heterocycles. The van der Waals surface area contributed by atoms with E-state index in [9.17, 15) is 10.2 Å². The highest BCUT2D eigenvalue weighted by Crippen LogP contribution is 2.42. The van der Waals surface area contributed by atoms with Crippen molar-refractivity contribution in [2.75, 3.05) is 13.7 Å². The summed E-state index contributed by atoms with van der Waals surface area (Å²) in [7, 11) is 1.60. The second kappa shape index (κ2) is 6.36. The molecule has 0 aliphatic carbocycles. The summed E-state index contributed by atoms with van der Waals surface area (Å²) in [6, 6.07) is 8.86. The van der Waals surface area contributed by atoms with E-state index in [1.54, 1.807) is 25.3 Å². The quantitative estimate of drug-likeness (QED) is 0.815. The van der Waals surface area contributed by atoms with E-state index in [4.69, 9.17) is 9.47 Å². The minimum absolute atomic E-state index is 0.118. The molecule has 2 aromatic carbocycles. The lowest BCUT2D eigenvalue weighted by Gasteiger charge is -2.29. The Morgan fingerprint density at radius 3 is 2.68 bits per heavy atom. The van der Waals surface area contributed by atoms with E-state index >= 15 is 0 Å². The van der Waals surface area contributed by atoms with Gasteiger partial charge in [0.25, 0.3) is 0 Å². The molecule has 0 fully saturated rings. The summed E-state index contributed by atoms with van der Waals surface area (Å²) in [4.78, 5) is 0. The fourth-order valence-electron chi connectivity index (χ4n) is 3.29. The monoisotopic (exact) mass is 340 g/mol. The van der Waals surface area contributed by atoms with Gasteiger partial charge < -0.3 is 19.7 Å². The van der Waals surface area contributed by atoms with Crippen LogP contribution in [0.1, 0.15) is 36.5 Å². The summed E-state index contributed by atoms with van der Waals surface area (Å²) in [5.74, 6) is 1.90. The molecular weight excluding hydrogens is 316 g/mol. The number of hydrogen-bond donors (Lipinski definition) is 2. The summed E-state index contributed by atoms with van der Waals surface area (Å²) >= 11 is 0. The highest BCUT2D eigenvalue weighted by atomic mass is 16.5. The van der Waals surface area contributed by atoms with Crippen LogP contribution >= 0.6 is 0 Å². The Morgan fingerprint density at radius 2 is 2.00 bits per heavy atom. The van der Waals surface area contributed by atoms with E-state index in [1.807, 2.05) is 32.1 Å². The standard InChI is InChI=1S/C21H24O4/c1-5-21(2,3)17-9-13-8-14(12-25-19(13)11-18(17)23)16-7-6-15(22)10-20(16)24-4/h5-7,9-11,14,22-23H,1,8,12H2,2-4H3. The van der Waals surface area contributed by atoms with Crippen molar-refractivity contribution in [3.8, 4) is 23.0 Å². The third-order valence-corrected chi connectivity index (χ3v) is 4.95. The molecule has 0 bridgehead atoms. The molecule has 4 nitrogen and oxygen atoms in total. The molecule has 2 N–H and O–H groups in total. The van der Waals surface area contributed by atoms with Gasteiger partial charge in [0.15, 0.2) is 0 Å². The van der Waals surface area contributed by atoms with Gasteiger partial charge in [-0.05, 0) is 24.1 Å². The Bertz CT molecular complexity index is 808. The number of ether oxygens (including phenoxy) is 2. The molecule has 1 aliphatic heterocycles. The zero-order valence-electron chi connectivity index (χ0n) is 14.9. The summed E-state index contributed by atoms with van der Waals surface area (Å²) in [5.41, 5.74) is 2.56. The average Bonchev–Trinajstić information content (AvgIpc) is 2.60. The molecule has 4 heteroatoms. The first-order valence-electron chi connectivity index (χ1n) is 8.35. The Balaban J connectivity index is 1.98. The molecule has 25 heavy (non-hydrogen) atoms. The molecular formula is C21H24O4. The highest BCUT2D eigenvalue weighted by Gasteiger charge is 2.28. The zero-order valence-corrected chi connectivity index (χ0v) is 14.9. The second-order valence-corrected chi connectivity index (χ2v) is 7.04. The number of phenols is 2. The summed E-state index contributed by atoms with van der Waals surface area (Å²) < 4.78 is 11.3. The van der Waals surface area contributed by atoms with Gasteiger partial charge in [0.1, 0.15) is 23.0 Å². The van der Waals surface area contributed by atoms with Gasteiger partial charge in [-0.2, -0.15) is 0 Å². The molecule has 0 radical (unpaired) electrons. The van der Waals surface area contributed by atoms with Gasteiger partial charge in [0.05, 0.1) is 13.7 Å². The van der Waals surface area contributed by atoms with Crippen LogP contribution in [0, 0.1) is 0 Å². The maximum atomic E-state index is 10.4. The fraction of sp³-hybridized carbons (Fsp3) is 0.333. The predicted molar refractivity (Wildman–Crippen MR) is 97.9 cm³/mol. The van der Waals surface area contributed by atoms with Crippen LogP contribution in [0.25, 0.3) is 0 Å². The SMILES string of the molecule is C=CC(C)(C)c1cc2c(cc1O)OCC(c1ccc(O)cc1OC)C2. The van der Waals surface area contributed by atoms with E-state index < -0.39 is 0 Å². The lowest BCUT2D eigenvalue weighted by Crippen LogP contribution is -2.21. The number of aromatic hydroxyl groups is 2. The van der Waals surface area contributed by atoms with Gasteiger partial charge in [-0.25, -0.2) is 0 Å². The van der Waals surface area contributed by atoms with E-state index in [1.165, 1.54) is 0 Å². The number of fused-ring (bicyclic) bond motifs is 1. The molecule has 2 aromatic rings. The molecule has 0 amide bonds. The van der Waals surface area contributed by atoms with Crippen molar-refractivity contribution in [2.24, 2.45) is 0 Å². The van der Waals surface area contributed by atoms with Gasteiger partial charge in [-0.15, -0.1) is 6.58 Å². The maximum absolute atomic E-state index is 10.4. The molecule has 0 saturated carbocycles. The number of hydrogen-bond acceptors (Lipinski definition) is 4. The predicted octanol–water partition coefficient (Wildman–Crippen LogP) is 4.29. The fourth-order valence-corrected chi connectivity index (χ4v) is 3.29. The van der Waals surface area contributed by atoms with E-state index in [0.717, 1.165) is 28.9 Å². The average molecular weight is 340 g/mol. The Labute approximate surface area is 148 Å². The number of methoxy groups -OCH3 is 1. The van der Waals surface area contributed by atoms with Crippen LogP contribution in [0.5, 0.6) is 23.0 Å². The van der Waals surface area contributed by atoms with Crippen LogP contribution in [0.3, 0.4) is 0 Å². The highest BCUT2D eigenvalue weighted by molar-refractivity contribution is 5.52. The molecule has 132 valence electrons. The lowest BCUT2D eigenvalue weighted by molar-refractivity contribution is 0.257. The summed E-state index contributed by atoms with van der Waals surface area (Å²) in [5, 5.41) is 20.0. The van der Waals surface area contributed by atoms with Gasteiger partial charge in [-0.3, -0.25) is 0 Å². The Hall–Kier alpha value is -2.62. The van der Waals surface area contributed by atoms with Crippen LogP contribution in [0.4, 0.5) is 0 Å². The molecule has 1 atom stereocenters. The van der Waals surface area contributed by atoms with Crippen molar-refractivity contribution in [1.82, 2.24) is 0 Å². The van der Waals surface area contributed by atoms with Crippen molar-refractivity contribution in [1.29, 1.82) is 0 Å². The topological polar surface area (TPSA) is 58.9 Å². The third kappa shape index (κ3) is 3.16. The largest absolute Gasteiger partial charge is 0.508 e. The van der Waals surface area contributed by atoms with Crippen molar-refractivity contribution in [2.45, 2.75) is 31.6 Å². The van der Waals surface area contributed by atoms with E-state index in [0.29, 0.717) is 12.4 Å². The molecule has 3 rings (SSSR count). The Kier molecular flexibility index (Phi) is 4.38. The van der Waals surface area contributed by atoms with Gasteiger partial charge in [0, 0.05) is 34.6 Å². The molecule has 0 spiro atoms. The minimum atomic E-state index is -0.331. The van der Waals surface area contributed by atoms with Crippen LogP contribution in [-0.4, -0.2) is 23.9 Å². The van der Waals surface area contributed by atoms with Gasteiger partial charge in [-0.1, -0.05) is 26.0 Å². The first kappa shape index (κ1) is 17.2. The molecule has 0 aromatic heterocycles. The number of rotatable bonds is 4. The number of benzene rings is 2.